The molecule has 0 spiro atoms. The minimum absolute atomic E-state index is 0.0364. The Bertz CT molecular complexity index is 915. The van der Waals surface area contributed by atoms with E-state index in [4.69, 9.17) is 9.47 Å². The van der Waals surface area contributed by atoms with Gasteiger partial charge in [-0.15, -0.1) is 0 Å². The molecular formula is C24H28O3. The zero-order valence-electron chi connectivity index (χ0n) is 17.3. The number of Topliss-reactive ketones (excluding diaryl/α,β-unsaturated/α-hetero) is 1. The van der Waals surface area contributed by atoms with Crippen LogP contribution < -0.4 is 4.74 Å². The quantitative estimate of drug-likeness (QED) is 0.711. The van der Waals surface area contributed by atoms with Crippen LogP contribution >= 0.6 is 0 Å². The molecule has 1 aliphatic heterocycles. The second-order valence-electron chi connectivity index (χ2n) is 8.21. The Morgan fingerprint density at radius 3 is 2.04 bits per heavy atom. The Hall–Kier alpha value is -2.39. The number of benzene rings is 2. The van der Waals surface area contributed by atoms with Crippen molar-refractivity contribution < 1.29 is 14.3 Å². The van der Waals surface area contributed by atoms with E-state index in [1.54, 1.807) is 7.11 Å². The summed E-state index contributed by atoms with van der Waals surface area (Å²) in [4.78, 5) is 13.2. The first-order chi connectivity index (χ1) is 12.6. The van der Waals surface area contributed by atoms with Crippen molar-refractivity contribution in [1.29, 1.82) is 0 Å². The molecule has 0 unspecified atom stereocenters. The van der Waals surface area contributed by atoms with Gasteiger partial charge in [-0.05, 0) is 87.6 Å². The number of ether oxygens (including phenoxy) is 2. The van der Waals surface area contributed by atoms with Gasteiger partial charge < -0.3 is 9.47 Å². The fourth-order valence-electron chi connectivity index (χ4n) is 3.71. The second-order valence-corrected chi connectivity index (χ2v) is 8.21. The van der Waals surface area contributed by atoms with Crippen LogP contribution in [0.15, 0.2) is 48.0 Å². The minimum Gasteiger partial charge on any atom is -0.497 e. The SMILES string of the molecule is COc1ccc(-c2ccc(C)c(C3=C(C)C(C)(C)OC(C)(C)C3=O)c2)cc1. The highest BCUT2D eigenvalue weighted by Crippen LogP contribution is 2.42. The van der Waals surface area contributed by atoms with Crippen molar-refractivity contribution in [2.24, 2.45) is 0 Å². The van der Waals surface area contributed by atoms with Gasteiger partial charge in [0, 0.05) is 5.57 Å². The van der Waals surface area contributed by atoms with Crippen molar-refractivity contribution in [2.45, 2.75) is 52.7 Å². The van der Waals surface area contributed by atoms with E-state index in [0.717, 1.165) is 39.1 Å². The smallest absolute Gasteiger partial charge is 0.194 e. The predicted molar refractivity (Wildman–Crippen MR) is 110 cm³/mol. The summed E-state index contributed by atoms with van der Waals surface area (Å²) in [7, 11) is 1.66. The van der Waals surface area contributed by atoms with Crippen LogP contribution in [0.4, 0.5) is 0 Å². The normalized spacial score (nSPS) is 18.6. The summed E-state index contributed by atoms with van der Waals surface area (Å²) < 4.78 is 11.3. The topological polar surface area (TPSA) is 35.5 Å². The van der Waals surface area contributed by atoms with Gasteiger partial charge in [-0.2, -0.15) is 0 Å². The Labute approximate surface area is 162 Å². The van der Waals surface area contributed by atoms with E-state index in [1.807, 2.05) is 58.9 Å². The molecule has 0 bridgehead atoms. The van der Waals surface area contributed by atoms with Crippen molar-refractivity contribution in [3.05, 3.63) is 59.2 Å². The van der Waals surface area contributed by atoms with Gasteiger partial charge in [-0.3, -0.25) is 4.79 Å². The molecule has 3 rings (SSSR count). The Kier molecular flexibility index (Phi) is 4.77. The number of hydrogen-bond acceptors (Lipinski definition) is 3. The van der Waals surface area contributed by atoms with Gasteiger partial charge in [-0.1, -0.05) is 24.3 Å². The molecule has 0 aromatic heterocycles. The maximum atomic E-state index is 13.2. The molecule has 3 nitrogen and oxygen atoms in total. The Morgan fingerprint density at radius 1 is 0.852 bits per heavy atom. The number of carbonyl (C=O) groups excluding carboxylic acids is 1. The van der Waals surface area contributed by atoms with Crippen molar-refractivity contribution in [1.82, 2.24) is 0 Å². The minimum atomic E-state index is -0.846. The highest BCUT2D eigenvalue weighted by Gasteiger charge is 2.45. The molecule has 27 heavy (non-hydrogen) atoms. The van der Waals surface area contributed by atoms with Crippen molar-refractivity contribution in [3.63, 3.8) is 0 Å². The van der Waals surface area contributed by atoms with Gasteiger partial charge in [0.1, 0.15) is 11.4 Å². The van der Waals surface area contributed by atoms with Crippen molar-refractivity contribution >= 4 is 11.4 Å². The lowest BCUT2D eigenvalue weighted by atomic mass is 9.78. The van der Waals surface area contributed by atoms with Gasteiger partial charge in [-0.25, -0.2) is 0 Å². The van der Waals surface area contributed by atoms with Crippen LogP contribution in [0.5, 0.6) is 5.75 Å². The molecular weight excluding hydrogens is 336 g/mol. The summed E-state index contributed by atoms with van der Waals surface area (Å²) in [5.41, 5.74) is 4.65. The fourth-order valence-corrected chi connectivity index (χ4v) is 3.71. The van der Waals surface area contributed by atoms with Crippen LogP contribution in [-0.2, 0) is 9.53 Å². The van der Waals surface area contributed by atoms with Gasteiger partial charge in [0.05, 0.1) is 12.7 Å². The first-order valence-corrected chi connectivity index (χ1v) is 9.28. The van der Waals surface area contributed by atoms with E-state index < -0.39 is 11.2 Å². The largest absolute Gasteiger partial charge is 0.497 e. The first kappa shape index (κ1) is 19.4. The molecule has 142 valence electrons. The number of rotatable bonds is 3. The molecule has 1 aliphatic rings. The maximum Gasteiger partial charge on any atom is 0.194 e. The molecule has 0 saturated heterocycles. The van der Waals surface area contributed by atoms with E-state index in [1.165, 1.54) is 0 Å². The van der Waals surface area contributed by atoms with E-state index in [2.05, 4.69) is 25.1 Å². The predicted octanol–water partition coefficient (Wildman–Crippen LogP) is 5.60. The van der Waals surface area contributed by atoms with E-state index in [0.29, 0.717) is 0 Å². The maximum absolute atomic E-state index is 13.2. The van der Waals surface area contributed by atoms with Gasteiger partial charge in [0.2, 0.25) is 0 Å². The van der Waals surface area contributed by atoms with E-state index in [9.17, 15) is 4.79 Å². The average Bonchev–Trinajstić information content (AvgIpc) is 2.61. The lowest BCUT2D eigenvalue weighted by molar-refractivity contribution is -0.152. The molecule has 0 aliphatic carbocycles. The highest BCUT2D eigenvalue weighted by atomic mass is 16.5. The third-order valence-corrected chi connectivity index (χ3v) is 5.49. The molecule has 1 heterocycles. The second kappa shape index (κ2) is 6.65. The zero-order chi connectivity index (χ0) is 20.0. The number of methoxy groups -OCH3 is 1. The summed E-state index contributed by atoms with van der Waals surface area (Å²) in [6.45, 7) is 11.8. The molecule has 2 aromatic rings. The third-order valence-electron chi connectivity index (χ3n) is 5.49. The van der Waals surface area contributed by atoms with E-state index >= 15 is 0 Å². The molecule has 0 amide bonds. The number of carbonyl (C=O) groups is 1. The van der Waals surface area contributed by atoms with Crippen LogP contribution in [0.3, 0.4) is 0 Å². The first-order valence-electron chi connectivity index (χ1n) is 9.28. The monoisotopic (exact) mass is 364 g/mol. The Morgan fingerprint density at radius 2 is 1.44 bits per heavy atom. The molecule has 0 fully saturated rings. The zero-order valence-corrected chi connectivity index (χ0v) is 17.3. The summed E-state index contributed by atoms with van der Waals surface area (Å²) >= 11 is 0. The van der Waals surface area contributed by atoms with Gasteiger partial charge in [0.25, 0.3) is 0 Å². The molecule has 0 saturated carbocycles. The standard InChI is InChI=1S/C24H28O3/c1-15-8-9-18(17-10-12-19(26-7)13-11-17)14-20(15)21-16(2)23(3,4)27-24(5,6)22(21)25/h8-14H,1-7H3. The van der Waals surface area contributed by atoms with Gasteiger partial charge in [0.15, 0.2) is 5.78 Å². The average molecular weight is 364 g/mol. The summed E-state index contributed by atoms with van der Waals surface area (Å²) in [5, 5.41) is 0. The molecule has 0 radical (unpaired) electrons. The third kappa shape index (κ3) is 3.44. The van der Waals surface area contributed by atoms with Crippen LogP contribution in [0.25, 0.3) is 16.7 Å². The van der Waals surface area contributed by atoms with Crippen molar-refractivity contribution in [2.75, 3.05) is 7.11 Å². The fraction of sp³-hybridized carbons (Fsp3) is 0.375. The number of hydrogen-bond donors (Lipinski definition) is 0. The Balaban J connectivity index is 2.17. The molecule has 0 N–H and O–H groups in total. The van der Waals surface area contributed by atoms with Gasteiger partial charge >= 0.3 is 0 Å². The summed E-state index contributed by atoms with van der Waals surface area (Å²) in [6.07, 6.45) is 0. The number of aryl methyl sites for hydroxylation is 1. The summed E-state index contributed by atoms with van der Waals surface area (Å²) in [5.74, 6) is 0.863. The highest BCUT2D eigenvalue weighted by molar-refractivity contribution is 6.26. The van der Waals surface area contributed by atoms with E-state index in [-0.39, 0.29) is 5.78 Å². The van der Waals surface area contributed by atoms with Crippen LogP contribution in [0.2, 0.25) is 0 Å². The van der Waals surface area contributed by atoms with Crippen LogP contribution in [0, 0.1) is 6.92 Å². The lowest BCUT2D eigenvalue weighted by Crippen LogP contribution is -2.49. The van der Waals surface area contributed by atoms with Crippen LogP contribution in [0.1, 0.15) is 45.7 Å². The molecule has 3 heteroatoms. The lowest BCUT2D eigenvalue weighted by Gasteiger charge is -2.42. The molecule has 2 aromatic carbocycles. The molecule has 0 atom stereocenters. The summed E-state index contributed by atoms with van der Waals surface area (Å²) in [6, 6.07) is 14.3. The van der Waals surface area contributed by atoms with Crippen molar-refractivity contribution in [3.8, 4) is 16.9 Å². The van der Waals surface area contributed by atoms with Crippen LogP contribution in [-0.4, -0.2) is 24.1 Å². The number of ketones is 1.